The molecule has 1 fully saturated rings. The Kier molecular flexibility index (Phi) is 6.06. The van der Waals surface area contributed by atoms with E-state index in [4.69, 9.17) is 4.74 Å². The van der Waals surface area contributed by atoms with Gasteiger partial charge in [0.1, 0.15) is 6.54 Å². The minimum atomic E-state index is -0.623. The van der Waals surface area contributed by atoms with Crippen LogP contribution in [0.4, 0.5) is 0 Å². The van der Waals surface area contributed by atoms with E-state index in [0.717, 1.165) is 30.0 Å². The summed E-state index contributed by atoms with van der Waals surface area (Å²) in [7, 11) is 0. The smallest absolute Gasteiger partial charge is 0.325 e. The third-order valence-corrected chi connectivity index (χ3v) is 4.88. The summed E-state index contributed by atoms with van der Waals surface area (Å²) in [6.07, 6.45) is 3.07. The largest absolute Gasteiger partial charge is 0.454 e. The summed E-state index contributed by atoms with van der Waals surface area (Å²) in [4.78, 5) is 38.0. The summed E-state index contributed by atoms with van der Waals surface area (Å²) < 4.78 is 5.02. The first-order valence-corrected chi connectivity index (χ1v) is 9.26. The molecule has 0 radical (unpaired) electrons. The molecule has 1 atom stereocenters. The number of rotatable bonds is 5. The van der Waals surface area contributed by atoms with E-state index in [0.29, 0.717) is 12.1 Å². The fourth-order valence-corrected chi connectivity index (χ4v) is 3.33. The van der Waals surface area contributed by atoms with Gasteiger partial charge in [-0.2, -0.15) is 0 Å². The number of hydrogen-bond donors (Lipinski definition) is 1. The summed E-state index contributed by atoms with van der Waals surface area (Å²) in [6, 6.07) is 13.3. The minimum Gasteiger partial charge on any atom is -0.454 e. The number of carbonyl (C=O) groups excluding carboxylic acids is 3. The van der Waals surface area contributed by atoms with Crippen LogP contribution in [0.1, 0.15) is 36.5 Å². The average molecular weight is 368 g/mol. The van der Waals surface area contributed by atoms with Gasteiger partial charge in [-0.3, -0.25) is 14.4 Å². The molecule has 0 unspecified atom stereocenters. The van der Waals surface area contributed by atoms with Gasteiger partial charge in [0.05, 0.1) is 0 Å². The van der Waals surface area contributed by atoms with Gasteiger partial charge in [0.2, 0.25) is 0 Å². The van der Waals surface area contributed by atoms with Gasteiger partial charge in [0, 0.05) is 18.2 Å². The molecule has 6 heteroatoms. The molecule has 0 spiro atoms. The van der Waals surface area contributed by atoms with Crippen molar-refractivity contribution in [3.63, 3.8) is 0 Å². The molecule has 1 heterocycles. The lowest BCUT2D eigenvalue weighted by molar-refractivity contribution is -0.152. The van der Waals surface area contributed by atoms with Gasteiger partial charge in [-0.1, -0.05) is 30.3 Å². The molecule has 2 aromatic carbocycles. The summed E-state index contributed by atoms with van der Waals surface area (Å²) in [6.45, 7) is 2.16. The molecule has 0 saturated carbocycles. The number of likely N-dealkylation sites (tertiary alicyclic amines) is 1. The molecule has 1 N–H and O–H groups in total. The zero-order valence-electron chi connectivity index (χ0n) is 15.4. The summed E-state index contributed by atoms with van der Waals surface area (Å²) in [5.41, 5.74) is 0.472. The van der Waals surface area contributed by atoms with Crippen LogP contribution in [0.3, 0.4) is 0 Å². The lowest BCUT2D eigenvalue weighted by atomic mass is 10.0. The van der Waals surface area contributed by atoms with Crippen molar-refractivity contribution in [2.75, 3.05) is 19.7 Å². The molecule has 142 valence electrons. The zero-order valence-corrected chi connectivity index (χ0v) is 15.4. The fourth-order valence-electron chi connectivity index (χ4n) is 3.33. The van der Waals surface area contributed by atoms with E-state index in [-0.39, 0.29) is 31.0 Å². The molecule has 2 aromatic rings. The van der Waals surface area contributed by atoms with Crippen LogP contribution in [0, 0.1) is 0 Å². The highest BCUT2D eigenvalue weighted by Crippen LogP contribution is 2.17. The van der Waals surface area contributed by atoms with E-state index >= 15 is 0 Å². The molecule has 2 amide bonds. The quantitative estimate of drug-likeness (QED) is 0.823. The number of piperidine rings is 1. The van der Waals surface area contributed by atoms with Gasteiger partial charge in [0.25, 0.3) is 11.8 Å². The summed E-state index contributed by atoms with van der Waals surface area (Å²) in [5, 5.41) is 4.53. The molecule has 1 aliphatic heterocycles. The number of ether oxygens (including phenoxy) is 1. The number of amides is 2. The van der Waals surface area contributed by atoms with Crippen molar-refractivity contribution in [3.05, 3.63) is 48.0 Å². The van der Waals surface area contributed by atoms with Crippen molar-refractivity contribution in [1.82, 2.24) is 10.2 Å². The van der Waals surface area contributed by atoms with Gasteiger partial charge in [-0.05, 0) is 49.1 Å². The molecular weight excluding hydrogens is 344 g/mol. The second kappa shape index (κ2) is 8.66. The molecule has 6 nitrogen and oxygen atoms in total. The van der Waals surface area contributed by atoms with Crippen LogP contribution in [-0.4, -0.2) is 48.4 Å². The van der Waals surface area contributed by atoms with Crippen LogP contribution in [0.2, 0.25) is 0 Å². The highest BCUT2D eigenvalue weighted by Gasteiger charge is 2.23. The van der Waals surface area contributed by atoms with Gasteiger partial charge >= 0.3 is 5.97 Å². The van der Waals surface area contributed by atoms with E-state index in [2.05, 4.69) is 5.32 Å². The summed E-state index contributed by atoms with van der Waals surface area (Å²) >= 11 is 0. The van der Waals surface area contributed by atoms with Crippen LogP contribution in [0.15, 0.2) is 42.5 Å². The lowest BCUT2D eigenvalue weighted by Gasteiger charge is -2.33. The predicted octanol–water partition coefficient (Wildman–Crippen LogP) is 2.51. The number of esters is 1. The second-order valence-corrected chi connectivity index (χ2v) is 6.84. The maximum atomic E-state index is 12.2. The zero-order chi connectivity index (χ0) is 19.2. The maximum absolute atomic E-state index is 12.2. The fraction of sp³-hybridized carbons (Fsp3) is 0.381. The predicted molar refractivity (Wildman–Crippen MR) is 102 cm³/mol. The number of nitrogens with zero attached hydrogens (tertiary/aromatic N) is 1. The van der Waals surface area contributed by atoms with Crippen LogP contribution >= 0.6 is 0 Å². The van der Waals surface area contributed by atoms with Crippen LogP contribution < -0.4 is 5.32 Å². The Labute approximate surface area is 158 Å². The third kappa shape index (κ3) is 4.84. The Bertz CT molecular complexity index is 849. The first-order valence-electron chi connectivity index (χ1n) is 9.26. The van der Waals surface area contributed by atoms with E-state index < -0.39 is 5.97 Å². The van der Waals surface area contributed by atoms with Crippen molar-refractivity contribution < 1.29 is 19.1 Å². The van der Waals surface area contributed by atoms with Crippen molar-refractivity contribution in [3.8, 4) is 0 Å². The molecule has 1 aliphatic rings. The van der Waals surface area contributed by atoms with Crippen LogP contribution in [0.5, 0.6) is 0 Å². The lowest BCUT2D eigenvalue weighted by Crippen LogP contribution is -2.44. The van der Waals surface area contributed by atoms with Crippen LogP contribution in [0.25, 0.3) is 10.8 Å². The molecule has 1 saturated heterocycles. The van der Waals surface area contributed by atoms with E-state index in [9.17, 15) is 14.4 Å². The maximum Gasteiger partial charge on any atom is 0.325 e. The highest BCUT2D eigenvalue weighted by atomic mass is 16.5. The number of benzene rings is 2. The summed E-state index contributed by atoms with van der Waals surface area (Å²) in [5.74, 6) is -1.16. The Balaban J connectivity index is 1.46. The Hall–Kier alpha value is -2.89. The van der Waals surface area contributed by atoms with Crippen molar-refractivity contribution in [2.45, 2.75) is 32.2 Å². The molecule has 0 bridgehead atoms. The van der Waals surface area contributed by atoms with Crippen molar-refractivity contribution >= 4 is 28.6 Å². The average Bonchev–Trinajstić information content (AvgIpc) is 2.70. The van der Waals surface area contributed by atoms with Gasteiger partial charge in [0.15, 0.2) is 6.61 Å². The topological polar surface area (TPSA) is 75.7 Å². The van der Waals surface area contributed by atoms with Gasteiger partial charge in [-0.25, -0.2) is 0 Å². The van der Waals surface area contributed by atoms with Crippen molar-refractivity contribution in [2.24, 2.45) is 0 Å². The van der Waals surface area contributed by atoms with Gasteiger partial charge in [-0.15, -0.1) is 0 Å². The monoisotopic (exact) mass is 368 g/mol. The Morgan fingerprint density at radius 2 is 1.89 bits per heavy atom. The SMILES string of the molecule is C[C@H]1CCCCN1C(=O)COC(=O)CNC(=O)c1ccc2ccccc2c1. The number of hydrogen-bond acceptors (Lipinski definition) is 4. The molecule has 3 rings (SSSR count). The second-order valence-electron chi connectivity index (χ2n) is 6.84. The van der Waals surface area contributed by atoms with E-state index in [1.165, 1.54) is 0 Å². The molecule has 0 aromatic heterocycles. The van der Waals surface area contributed by atoms with E-state index in [1.807, 2.05) is 37.3 Å². The molecular formula is C21H24N2O4. The van der Waals surface area contributed by atoms with Crippen molar-refractivity contribution in [1.29, 1.82) is 0 Å². The standard InChI is InChI=1S/C21H24N2O4/c1-15-6-4-5-11-23(15)19(24)14-27-20(25)13-22-21(26)18-10-9-16-7-2-3-8-17(16)12-18/h2-3,7-10,12,15H,4-6,11,13-14H2,1H3,(H,22,26)/t15-/m0/s1. The normalized spacial score (nSPS) is 16.8. The minimum absolute atomic E-state index is 0.178. The Morgan fingerprint density at radius 3 is 2.67 bits per heavy atom. The first-order chi connectivity index (χ1) is 13.0. The number of fused-ring (bicyclic) bond motifs is 1. The van der Waals surface area contributed by atoms with Gasteiger partial charge < -0.3 is 15.0 Å². The van der Waals surface area contributed by atoms with Crippen LogP contribution in [-0.2, 0) is 14.3 Å². The third-order valence-electron chi connectivity index (χ3n) is 4.88. The number of nitrogens with one attached hydrogen (secondary N) is 1. The Morgan fingerprint density at radius 1 is 1.11 bits per heavy atom. The molecule has 0 aliphatic carbocycles. The first kappa shape index (κ1) is 18.9. The number of carbonyl (C=O) groups is 3. The van der Waals surface area contributed by atoms with E-state index in [1.54, 1.807) is 17.0 Å². The molecule has 27 heavy (non-hydrogen) atoms. The highest BCUT2D eigenvalue weighted by molar-refractivity contribution is 5.99.